The molecule has 0 rings (SSSR count). The Morgan fingerprint density at radius 3 is 2.67 bits per heavy atom. The van der Waals surface area contributed by atoms with Crippen LogP contribution in [-0.4, -0.2) is 49.7 Å². The van der Waals surface area contributed by atoms with Gasteiger partial charge in [-0.05, 0) is 6.92 Å². The van der Waals surface area contributed by atoms with Gasteiger partial charge < -0.3 is 14.6 Å². The van der Waals surface area contributed by atoms with Crippen LogP contribution < -0.4 is 0 Å². The molecule has 0 fully saturated rings. The second-order valence-corrected chi connectivity index (χ2v) is 2.53. The highest BCUT2D eigenvalue weighted by Crippen LogP contribution is 1.90. The minimum atomic E-state index is -1.000. The molecule has 0 saturated heterocycles. The molecule has 0 aliphatic heterocycles. The van der Waals surface area contributed by atoms with Crippen molar-refractivity contribution in [2.75, 3.05) is 27.5 Å². The summed E-state index contributed by atoms with van der Waals surface area (Å²) in [5.74, 6) is 0. The fourth-order valence-electron chi connectivity index (χ4n) is 0.479. The zero-order valence-corrected chi connectivity index (χ0v) is 7.61. The second kappa shape index (κ2) is 5.79. The first-order valence-electron chi connectivity index (χ1n) is 3.62. The fraction of sp³-hybridized carbons (Fsp3) is 0.857. The van der Waals surface area contributed by atoms with Gasteiger partial charge in [0, 0.05) is 14.2 Å². The van der Waals surface area contributed by atoms with Crippen LogP contribution in [0.3, 0.4) is 0 Å². The van der Waals surface area contributed by atoms with E-state index in [-0.39, 0.29) is 12.8 Å². The number of hydrogen-bond acceptors (Lipinski definition) is 3. The molecule has 12 heavy (non-hydrogen) atoms. The highest BCUT2D eigenvalue weighted by atomic mass is 16.5. The van der Waals surface area contributed by atoms with E-state index in [4.69, 9.17) is 14.6 Å². The summed E-state index contributed by atoms with van der Waals surface area (Å²) in [6.07, 6.45) is -1.01. The lowest BCUT2D eigenvalue weighted by Gasteiger charge is -2.15. The Bertz CT molecular complexity index is 139. The van der Waals surface area contributed by atoms with Crippen molar-refractivity contribution in [3.8, 4) is 0 Å². The standard InChI is InChI=1S/C7H15NO4/c1-6(11-3)4-12-5-8(2)7(9)10/h6H,4-5H2,1-3H3,(H,9,10). The van der Waals surface area contributed by atoms with Crippen LogP contribution in [0, 0.1) is 0 Å². The third-order valence-corrected chi connectivity index (χ3v) is 1.37. The molecule has 72 valence electrons. The van der Waals surface area contributed by atoms with Gasteiger partial charge in [-0.2, -0.15) is 0 Å². The Kier molecular flexibility index (Phi) is 5.40. The summed E-state index contributed by atoms with van der Waals surface area (Å²) < 4.78 is 9.93. The predicted molar refractivity (Wildman–Crippen MR) is 43.1 cm³/mol. The van der Waals surface area contributed by atoms with Crippen LogP contribution in [0.2, 0.25) is 0 Å². The van der Waals surface area contributed by atoms with E-state index in [1.807, 2.05) is 6.92 Å². The molecule has 0 spiro atoms. The average Bonchev–Trinajstić information content (AvgIpc) is 2.03. The Hall–Kier alpha value is -0.810. The van der Waals surface area contributed by atoms with Gasteiger partial charge >= 0.3 is 6.09 Å². The van der Waals surface area contributed by atoms with Crippen molar-refractivity contribution in [2.24, 2.45) is 0 Å². The van der Waals surface area contributed by atoms with Gasteiger partial charge in [0.15, 0.2) is 0 Å². The van der Waals surface area contributed by atoms with Crippen molar-refractivity contribution in [1.29, 1.82) is 0 Å². The molecular formula is C7H15NO4. The zero-order valence-electron chi connectivity index (χ0n) is 7.61. The fourth-order valence-corrected chi connectivity index (χ4v) is 0.479. The lowest BCUT2D eigenvalue weighted by Crippen LogP contribution is -2.29. The molecular weight excluding hydrogens is 162 g/mol. The van der Waals surface area contributed by atoms with Gasteiger partial charge in [-0.1, -0.05) is 0 Å². The third-order valence-electron chi connectivity index (χ3n) is 1.37. The van der Waals surface area contributed by atoms with Gasteiger partial charge in [0.1, 0.15) is 6.73 Å². The molecule has 0 aromatic carbocycles. The second-order valence-electron chi connectivity index (χ2n) is 2.53. The summed E-state index contributed by atoms with van der Waals surface area (Å²) in [4.78, 5) is 11.3. The van der Waals surface area contributed by atoms with Crippen molar-refractivity contribution in [3.05, 3.63) is 0 Å². The van der Waals surface area contributed by atoms with Gasteiger partial charge in [-0.3, -0.25) is 4.90 Å². The summed E-state index contributed by atoms with van der Waals surface area (Å²) in [5, 5.41) is 8.42. The molecule has 5 nitrogen and oxygen atoms in total. The molecule has 0 aromatic rings. The van der Waals surface area contributed by atoms with E-state index < -0.39 is 6.09 Å². The number of methoxy groups -OCH3 is 1. The Morgan fingerprint density at radius 1 is 1.67 bits per heavy atom. The summed E-state index contributed by atoms with van der Waals surface area (Å²) in [7, 11) is 3.02. The van der Waals surface area contributed by atoms with Crippen LogP contribution in [0.15, 0.2) is 0 Å². The number of carbonyl (C=O) groups is 1. The maximum atomic E-state index is 10.3. The Balaban J connectivity index is 3.37. The Labute approximate surface area is 71.9 Å². The first-order valence-corrected chi connectivity index (χ1v) is 3.62. The molecule has 1 amide bonds. The van der Waals surface area contributed by atoms with Crippen LogP contribution >= 0.6 is 0 Å². The molecule has 0 aromatic heterocycles. The molecule has 1 atom stereocenters. The topological polar surface area (TPSA) is 59.0 Å². The molecule has 0 aliphatic carbocycles. The van der Waals surface area contributed by atoms with E-state index in [9.17, 15) is 4.79 Å². The zero-order chi connectivity index (χ0) is 9.56. The summed E-state index contributed by atoms with van der Waals surface area (Å²) in [5.41, 5.74) is 0. The number of hydrogen-bond donors (Lipinski definition) is 1. The SMILES string of the molecule is COC(C)COCN(C)C(=O)O. The first kappa shape index (κ1) is 11.2. The predicted octanol–water partition coefficient (Wildman–Crippen LogP) is 0.605. The lowest BCUT2D eigenvalue weighted by molar-refractivity contribution is -0.0153. The van der Waals surface area contributed by atoms with Gasteiger partial charge in [-0.25, -0.2) is 4.79 Å². The maximum Gasteiger partial charge on any atom is 0.408 e. The van der Waals surface area contributed by atoms with Gasteiger partial charge in [0.25, 0.3) is 0 Å². The first-order chi connectivity index (χ1) is 5.57. The van der Waals surface area contributed by atoms with E-state index in [2.05, 4.69) is 0 Å². The largest absolute Gasteiger partial charge is 0.465 e. The Morgan fingerprint density at radius 2 is 2.25 bits per heavy atom. The van der Waals surface area contributed by atoms with Crippen molar-refractivity contribution in [3.63, 3.8) is 0 Å². The van der Waals surface area contributed by atoms with E-state index in [1.165, 1.54) is 7.05 Å². The van der Waals surface area contributed by atoms with Crippen molar-refractivity contribution in [2.45, 2.75) is 13.0 Å². The summed E-state index contributed by atoms with van der Waals surface area (Å²) in [6.45, 7) is 2.32. The summed E-state index contributed by atoms with van der Waals surface area (Å²) >= 11 is 0. The van der Waals surface area contributed by atoms with Crippen LogP contribution in [-0.2, 0) is 9.47 Å². The average molecular weight is 177 g/mol. The monoisotopic (exact) mass is 177 g/mol. The molecule has 0 bridgehead atoms. The minimum absolute atomic E-state index is 0.00723. The van der Waals surface area contributed by atoms with Gasteiger partial charge in [0.2, 0.25) is 0 Å². The van der Waals surface area contributed by atoms with Crippen molar-refractivity contribution in [1.82, 2.24) is 4.90 Å². The minimum Gasteiger partial charge on any atom is -0.465 e. The van der Waals surface area contributed by atoms with Crippen LogP contribution in [0.5, 0.6) is 0 Å². The molecule has 0 saturated carbocycles. The quantitative estimate of drug-likeness (QED) is 0.625. The maximum absolute atomic E-state index is 10.3. The number of carboxylic acid groups (broad SMARTS) is 1. The van der Waals surface area contributed by atoms with Gasteiger partial charge in [-0.15, -0.1) is 0 Å². The molecule has 1 unspecified atom stereocenters. The highest BCUT2D eigenvalue weighted by Gasteiger charge is 2.05. The van der Waals surface area contributed by atoms with Crippen LogP contribution in [0.4, 0.5) is 4.79 Å². The number of nitrogens with zero attached hydrogens (tertiary/aromatic N) is 1. The normalized spacial score (nSPS) is 12.6. The van der Waals surface area contributed by atoms with E-state index in [1.54, 1.807) is 7.11 Å². The number of rotatable bonds is 5. The van der Waals surface area contributed by atoms with Crippen LogP contribution in [0.25, 0.3) is 0 Å². The lowest BCUT2D eigenvalue weighted by atomic mass is 10.4. The molecule has 0 radical (unpaired) electrons. The molecule has 0 aliphatic rings. The van der Waals surface area contributed by atoms with Crippen molar-refractivity contribution < 1.29 is 19.4 Å². The van der Waals surface area contributed by atoms with Crippen molar-refractivity contribution >= 4 is 6.09 Å². The van der Waals surface area contributed by atoms with E-state index >= 15 is 0 Å². The number of ether oxygens (including phenoxy) is 2. The smallest absolute Gasteiger partial charge is 0.408 e. The third kappa shape index (κ3) is 4.92. The molecule has 5 heteroatoms. The number of amides is 1. The van der Waals surface area contributed by atoms with E-state index in [0.29, 0.717) is 6.61 Å². The molecule has 0 heterocycles. The highest BCUT2D eigenvalue weighted by molar-refractivity contribution is 5.64. The molecule has 1 N–H and O–H groups in total. The van der Waals surface area contributed by atoms with E-state index in [0.717, 1.165) is 4.90 Å². The van der Waals surface area contributed by atoms with Gasteiger partial charge in [0.05, 0.1) is 12.7 Å². The van der Waals surface area contributed by atoms with Crippen LogP contribution in [0.1, 0.15) is 6.92 Å². The summed E-state index contributed by atoms with van der Waals surface area (Å²) in [6, 6.07) is 0.